The molecule has 0 heterocycles. The molecule has 2 aromatic carbocycles. The van der Waals surface area contributed by atoms with E-state index in [4.69, 9.17) is 34.8 Å². The van der Waals surface area contributed by atoms with Crippen LogP contribution >= 0.6 is 46.6 Å². The van der Waals surface area contributed by atoms with E-state index in [1.165, 1.54) is 11.8 Å². The maximum Gasteiger partial charge on any atom is 0.242 e. The third kappa shape index (κ3) is 8.23. The summed E-state index contributed by atoms with van der Waals surface area (Å²) in [7, 11) is 0. The first-order chi connectivity index (χ1) is 14.5. The van der Waals surface area contributed by atoms with Gasteiger partial charge in [0.15, 0.2) is 0 Å². The maximum absolute atomic E-state index is 13.1. The summed E-state index contributed by atoms with van der Waals surface area (Å²) in [6, 6.07) is 12.0. The van der Waals surface area contributed by atoms with Crippen LogP contribution in [0, 0.1) is 0 Å². The number of carbonyl (C=O) groups excluding carboxylic acids is 2. The topological polar surface area (TPSA) is 49.4 Å². The van der Waals surface area contributed by atoms with E-state index >= 15 is 0 Å². The first-order valence-corrected chi connectivity index (χ1v) is 12.1. The molecule has 2 aromatic rings. The van der Waals surface area contributed by atoms with Crippen LogP contribution in [-0.4, -0.2) is 34.0 Å². The highest BCUT2D eigenvalue weighted by atomic mass is 35.5. The van der Waals surface area contributed by atoms with Gasteiger partial charge in [0.2, 0.25) is 11.8 Å². The highest BCUT2D eigenvalue weighted by molar-refractivity contribution is 7.99. The lowest BCUT2D eigenvalue weighted by Crippen LogP contribution is -2.52. The van der Waals surface area contributed by atoms with Crippen LogP contribution in [0.3, 0.4) is 0 Å². The second kappa shape index (κ2) is 11.5. The SMILES string of the molecule is CC(C(=O)NC(C)(C)C)N(Cc1ccccc1Cl)C(=O)CSCc1ccc(Cl)cc1Cl. The lowest BCUT2D eigenvalue weighted by Gasteiger charge is -2.31. The standard InChI is InChI=1S/C23H27Cl3N2O2S/c1-15(22(30)27-23(2,3)4)28(12-16-7-5-6-8-19(16)25)21(29)14-31-13-17-9-10-18(24)11-20(17)26/h5-11,15H,12-14H2,1-4H3,(H,27,30). The van der Waals surface area contributed by atoms with Crippen molar-refractivity contribution in [2.45, 2.75) is 51.6 Å². The number of carbonyl (C=O) groups is 2. The number of benzene rings is 2. The fourth-order valence-electron chi connectivity index (χ4n) is 2.84. The molecule has 0 aliphatic rings. The molecule has 0 aromatic heterocycles. The Hall–Kier alpha value is -1.40. The number of nitrogens with zero attached hydrogens (tertiary/aromatic N) is 1. The van der Waals surface area contributed by atoms with Crippen molar-refractivity contribution >= 4 is 58.4 Å². The zero-order valence-corrected chi connectivity index (χ0v) is 21.1. The van der Waals surface area contributed by atoms with E-state index in [0.717, 1.165) is 11.1 Å². The molecule has 0 aliphatic carbocycles. The van der Waals surface area contributed by atoms with E-state index in [9.17, 15) is 9.59 Å². The molecule has 0 saturated heterocycles. The molecule has 168 valence electrons. The van der Waals surface area contributed by atoms with Gasteiger partial charge in [0.25, 0.3) is 0 Å². The minimum Gasteiger partial charge on any atom is -0.350 e. The van der Waals surface area contributed by atoms with Gasteiger partial charge in [-0.3, -0.25) is 9.59 Å². The predicted octanol–water partition coefficient (Wildman–Crippen LogP) is 6.21. The molecule has 0 radical (unpaired) electrons. The fourth-order valence-corrected chi connectivity index (χ4v) is 4.50. The quantitative estimate of drug-likeness (QED) is 0.468. The van der Waals surface area contributed by atoms with Crippen molar-refractivity contribution in [3.8, 4) is 0 Å². The monoisotopic (exact) mass is 500 g/mol. The van der Waals surface area contributed by atoms with Gasteiger partial charge >= 0.3 is 0 Å². The van der Waals surface area contributed by atoms with Gasteiger partial charge < -0.3 is 10.2 Å². The lowest BCUT2D eigenvalue weighted by atomic mass is 10.1. The Morgan fingerprint density at radius 3 is 2.32 bits per heavy atom. The van der Waals surface area contributed by atoms with E-state index < -0.39 is 11.6 Å². The minimum absolute atomic E-state index is 0.147. The van der Waals surface area contributed by atoms with Gasteiger partial charge in [-0.15, -0.1) is 11.8 Å². The van der Waals surface area contributed by atoms with Gasteiger partial charge in [-0.1, -0.05) is 59.1 Å². The Morgan fingerprint density at radius 1 is 1.03 bits per heavy atom. The van der Waals surface area contributed by atoms with E-state index in [0.29, 0.717) is 20.8 Å². The van der Waals surface area contributed by atoms with Gasteiger partial charge in [0.05, 0.1) is 5.75 Å². The molecule has 1 unspecified atom stereocenters. The summed E-state index contributed by atoms with van der Waals surface area (Å²) < 4.78 is 0. The van der Waals surface area contributed by atoms with Crippen LogP contribution in [0.4, 0.5) is 0 Å². The van der Waals surface area contributed by atoms with Gasteiger partial charge in [-0.2, -0.15) is 0 Å². The van der Waals surface area contributed by atoms with Gasteiger partial charge in [0.1, 0.15) is 6.04 Å². The van der Waals surface area contributed by atoms with Crippen LogP contribution in [-0.2, 0) is 21.9 Å². The van der Waals surface area contributed by atoms with Crippen molar-refractivity contribution in [3.63, 3.8) is 0 Å². The van der Waals surface area contributed by atoms with E-state index in [1.54, 1.807) is 30.0 Å². The lowest BCUT2D eigenvalue weighted by molar-refractivity contribution is -0.139. The Kier molecular flexibility index (Phi) is 9.56. The van der Waals surface area contributed by atoms with Crippen LogP contribution < -0.4 is 5.32 Å². The van der Waals surface area contributed by atoms with Crippen molar-refractivity contribution in [2.75, 3.05) is 5.75 Å². The van der Waals surface area contributed by atoms with Gasteiger partial charge in [-0.25, -0.2) is 0 Å². The summed E-state index contributed by atoms with van der Waals surface area (Å²) in [5.74, 6) is 0.408. The summed E-state index contributed by atoms with van der Waals surface area (Å²) in [4.78, 5) is 27.5. The van der Waals surface area contributed by atoms with Crippen LogP contribution in [0.15, 0.2) is 42.5 Å². The number of amides is 2. The smallest absolute Gasteiger partial charge is 0.242 e. The van der Waals surface area contributed by atoms with Gasteiger partial charge in [0, 0.05) is 32.9 Å². The number of halogens is 3. The van der Waals surface area contributed by atoms with E-state index in [2.05, 4.69) is 5.32 Å². The third-order valence-electron chi connectivity index (χ3n) is 4.46. The molecule has 2 amide bonds. The molecule has 1 atom stereocenters. The van der Waals surface area contributed by atoms with Crippen molar-refractivity contribution in [3.05, 3.63) is 68.7 Å². The zero-order valence-electron chi connectivity index (χ0n) is 18.0. The molecular weight excluding hydrogens is 475 g/mol. The summed E-state index contributed by atoms with van der Waals surface area (Å²) in [5, 5.41) is 4.64. The van der Waals surface area contributed by atoms with Gasteiger partial charge in [-0.05, 0) is 57.0 Å². The molecule has 0 saturated carbocycles. The molecule has 4 nitrogen and oxygen atoms in total. The second-order valence-electron chi connectivity index (χ2n) is 8.26. The minimum atomic E-state index is -0.650. The highest BCUT2D eigenvalue weighted by Gasteiger charge is 2.28. The zero-order chi connectivity index (χ0) is 23.2. The molecule has 0 bridgehead atoms. The summed E-state index contributed by atoms with van der Waals surface area (Å²) in [6.07, 6.45) is 0. The molecule has 0 spiro atoms. The number of hydrogen-bond acceptors (Lipinski definition) is 3. The molecule has 2 rings (SSSR count). The molecule has 8 heteroatoms. The first-order valence-electron chi connectivity index (χ1n) is 9.84. The van der Waals surface area contributed by atoms with Crippen molar-refractivity contribution < 1.29 is 9.59 Å². The Bertz CT molecular complexity index is 931. The Balaban J connectivity index is 2.13. The number of rotatable bonds is 8. The third-order valence-corrected chi connectivity index (χ3v) is 6.38. The average molecular weight is 502 g/mol. The largest absolute Gasteiger partial charge is 0.350 e. The maximum atomic E-state index is 13.1. The van der Waals surface area contributed by atoms with Crippen molar-refractivity contribution in [1.29, 1.82) is 0 Å². The molecule has 1 N–H and O–H groups in total. The molecular formula is C23H27Cl3N2O2S. The van der Waals surface area contributed by atoms with E-state index in [-0.39, 0.29) is 24.1 Å². The summed E-state index contributed by atoms with van der Waals surface area (Å²) >= 11 is 19.9. The fraction of sp³-hybridized carbons (Fsp3) is 0.391. The van der Waals surface area contributed by atoms with Crippen LogP contribution in [0.1, 0.15) is 38.8 Å². The summed E-state index contributed by atoms with van der Waals surface area (Å²) in [6.45, 7) is 7.70. The number of hydrogen-bond donors (Lipinski definition) is 1. The highest BCUT2D eigenvalue weighted by Crippen LogP contribution is 2.25. The first kappa shape index (κ1) is 25.9. The second-order valence-corrected chi connectivity index (χ2v) is 10.5. The molecule has 0 aliphatic heterocycles. The predicted molar refractivity (Wildman–Crippen MR) is 132 cm³/mol. The number of nitrogens with one attached hydrogen (secondary N) is 1. The Morgan fingerprint density at radius 2 is 1.71 bits per heavy atom. The van der Waals surface area contributed by atoms with Crippen molar-refractivity contribution in [1.82, 2.24) is 10.2 Å². The van der Waals surface area contributed by atoms with Crippen LogP contribution in [0.25, 0.3) is 0 Å². The average Bonchev–Trinajstić information content (AvgIpc) is 2.67. The normalized spacial score (nSPS) is 12.4. The van der Waals surface area contributed by atoms with E-state index in [1.807, 2.05) is 45.0 Å². The molecule has 0 fully saturated rings. The number of thioether (sulfide) groups is 1. The van der Waals surface area contributed by atoms with Crippen LogP contribution in [0.5, 0.6) is 0 Å². The Labute approximate surface area is 203 Å². The van der Waals surface area contributed by atoms with Crippen molar-refractivity contribution in [2.24, 2.45) is 0 Å². The summed E-state index contributed by atoms with van der Waals surface area (Å²) in [5.41, 5.74) is 1.29. The molecule has 31 heavy (non-hydrogen) atoms. The van der Waals surface area contributed by atoms with Crippen LogP contribution in [0.2, 0.25) is 15.1 Å².